The first-order valence-corrected chi connectivity index (χ1v) is 8.96. The lowest BCUT2D eigenvalue weighted by atomic mass is 9.81. The highest BCUT2D eigenvalue weighted by molar-refractivity contribution is 7.17. The summed E-state index contributed by atoms with van der Waals surface area (Å²) >= 11 is 1.81. The van der Waals surface area contributed by atoms with Crippen LogP contribution >= 0.6 is 11.3 Å². The Hall–Kier alpha value is -1.39. The normalized spacial score (nSPS) is 22.8. The first kappa shape index (κ1) is 15.5. The van der Waals surface area contributed by atoms with E-state index in [2.05, 4.69) is 46.8 Å². The maximum atomic E-state index is 12.3. The van der Waals surface area contributed by atoms with Gasteiger partial charge in [0.25, 0.3) is 0 Å². The number of hydrogen-bond acceptors (Lipinski definition) is 3. The monoisotopic (exact) mass is 316 g/mol. The maximum Gasteiger partial charge on any atom is 0.227 e. The van der Waals surface area contributed by atoms with Crippen molar-refractivity contribution in [1.82, 2.24) is 10.2 Å². The summed E-state index contributed by atoms with van der Waals surface area (Å²) in [7, 11) is 0. The van der Waals surface area contributed by atoms with Crippen molar-refractivity contribution in [3.05, 3.63) is 35.2 Å². The SMILES string of the molecule is CCNC(=O)C1(C)CCCN(Cc2csc3ccccc23)C1. The van der Waals surface area contributed by atoms with Crippen molar-refractivity contribution in [1.29, 1.82) is 0 Å². The number of thiophene rings is 1. The lowest BCUT2D eigenvalue weighted by molar-refractivity contribution is -0.133. The van der Waals surface area contributed by atoms with Crippen molar-refractivity contribution in [2.45, 2.75) is 33.2 Å². The first-order valence-electron chi connectivity index (χ1n) is 8.08. The molecule has 1 aromatic carbocycles. The summed E-state index contributed by atoms with van der Waals surface area (Å²) in [6.45, 7) is 7.68. The van der Waals surface area contributed by atoms with Gasteiger partial charge in [-0.05, 0) is 55.6 Å². The molecule has 1 amide bonds. The molecule has 3 rings (SSSR count). The van der Waals surface area contributed by atoms with Crippen LogP contribution in [0.4, 0.5) is 0 Å². The fourth-order valence-corrected chi connectivity index (χ4v) is 4.39. The zero-order valence-electron chi connectivity index (χ0n) is 13.4. The molecule has 4 heteroatoms. The van der Waals surface area contributed by atoms with E-state index in [0.717, 1.165) is 32.5 Å². The quantitative estimate of drug-likeness (QED) is 0.934. The summed E-state index contributed by atoms with van der Waals surface area (Å²) in [6.07, 6.45) is 2.08. The van der Waals surface area contributed by atoms with E-state index in [1.807, 2.05) is 18.3 Å². The molecule has 1 saturated heterocycles. The van der Waals surface area contributed by atoms with Crippen molar-refractivity contribution < 1.29 is 4.79 Å². The van der Waals surface area contributed by atoms with Gasteiger partial charge in [-0.15, -0.1) is 11.3 Å². The molecule has 1 aliphatic rings. The highest BCUT2D eigenvalue weighted by Crippen LogP contribution is 2.32. The van der Waals surface area contributed by atoms with E-state index >= 15 is 0 Å². The Morgan fingerprint density at radius 3 is 3.05 bits per heavy atom. The molecule has 118 valence electrons. The molecular formula is C18H24N2OS. The Bertz CT molecular complexity index is 666. The summed E-state index contributed by atoms with van der Waals surface area (Å²) in [6, 6.07) is 8.58. The topological polar surface area (TPSA) is 32.3 Å². The standard InChI is InChI=1S/C18H24N2OS/c1-3-19-17(21)18(2)9-6-10-20(13-18)11-14-12-22-16-8-5-4-7-15(14)16/h4-5,7-8,12H,3,6,9-11,13H2,1-2H3,(H,19,21). The summed E-state index contributed by atoms with van der Waals surface area (Å²) in [5.74, 6) is 0.204. The van der Waals surface area contributed by atoms with Gasteiger partial charge in [0.1, 0.15) is 0 Å². The van der Waals surface area contributed by atoms with Crippen molar-refractivity contribution in [3.63, 3.8) is 0 Å². The predicted octanol–water partition coefficient (Wildman–Crippen LogP) is 3.64. The van der Waals surface area contributed by atoms with E-state index < -0.39 is 0 Å². The Morgan fingerprint density at radius 2 is 2.23 bits per heavy atom. The molecule has 0 aliphatic carbocycles. The minimum absolute atomic E-state index is 0.204. The van der Waals surface area contributed by atoms with Gasteiger partial charge in [0.2, 0.25) is 5.91 Å². The molecule has 0 bridgehead atoms. The zero-order valence-corrected chi connectivity index (χ0v) is 14.2. The fourth-order valence-electron chi connectivity index (χ4n) is 3.43. The van der Waals surface area contributed by atoms with E-state index in [1.165, 1.54) is 15.6 Å². The molecule has 22 heavy (non-hydrogen) atoms. The molecule has 0 spiro atoms. The van der Waals surface area contributed by atoms with Crippen LogP contribution < -0.4 is 5.32 Å². The van der Waals surface area contributed by atoms with Gasteiger partial charge in [-0.2, -0.15) is 0 Å². The van der Waals surface area contributed by atoms with Crippen molar-refractivity contribution >= 4 is 27.3 Å². The predicted molar refractivity (Wildman–Crippen MR) is 93.1 cm³/mol. The van der Waals surface area contributed by atoms with E-state index in [-0.39, 0.29) is 11.3 Å². The molecule has 2 aromatic rings. The van der Waals surface area contributed by atoms with E-state index in [4.69, 9.17) is 0 Å². The van der Waals surface area contributed by atoms with Crippen LogP contribution in [0.15, 0.2) is 29.6 Å². The molecular weight excluding hydrogens is 292 g/mol. The third-order valence-electron chi connectivity index (χ3n) is 4.62. The Kier molecular flexibility index (Phi) is 4.50. The number of carbonyl (C=O) groups excluding carboxylic acids is 1. The second kappa shape index (κ2) is 6.39. The van der Waals surface area contributed by atoms with E-state index in [1.54, 1.807) is 0 Å². The molecule has 1 atom stereocenters. The number of piperidine rings is 1. The molecule has 2 heterocycles. The molecule has 3 nitrogen and oxygen atoms in total. The van der Waals surface area contributed by atoms with Gasteiger partial charge < -0.3 is 5.32 Å². The summed E-state index contributed by atoms with van der Waals surface area (Å²) in [5.41, 5.74) is 1.14. The van der Waals surface area contributed by atoms with Crippen LogP contribution in [0.5, 0.6) is 0 Å². The third kappa shape index (κ3) is 3.03. The second-order valence-corrected chi connectivity index (χ2v) is 7.40. The Labute approximate surface area is 136 Å². The van der Waals surface area contributed by atoms with Gasteiger partial charge >= 0.3 is 0 Å². The lowest BCUT2D eigenvalue weighted by Crippen LogP contribution is -2.50. The number of likely N-dealkylation sites (tertiary alicyclic amines) is 1. The first-order chi connectivity index (χ1) is 10.6. The molecule has 1 aromatic heterocycles. The van der Waals surface area contributed by atoms with Crippen molar-refractivity contribution in [2.24, 2.45) is 5.41 Å². The van der Waals surface area contributed by atoms with Gasteiger partial charge in [0.05, 0.1) is 5.41 Å². The molecule has 0 saturated carbocycles. The largest absolute Gasteiger partial charge is 0.356 e. The number of amides is 1. The number of hydrogen-bond donors (Lipinski definition) is 1. The van der Waals surface area contributed by atoms with Gasteiger partial charge in [0, 0.05) is 24.3 Å². The van der Waals surface area contributed by atoms with Gasteiger partial charge in [-0.1, -0.05) is 18.2 Å². The Balaban J connectivity index is 1.74. The molecule has 0 radical (unpaired) electrons. The highest BCUT2D eigenvalue weighted by atomic mass is 32.1. The third-order valence-corrected chi connectivity index (χ3v) is 5.63. The number of fused-ring (bicyclic) bond motifs is 1. The number of benzene rings is 1. The van der Waals surface area contributed by atoms with Crippen LogP contribution in [0.25, 0.3) is 10.1 Å². The summed E-state index contributed by atoms with van der Waals surface area (Å²) in [4.78, 5) is 14.8. The van der Waals surface area contributed by atoms with Crippen LogP contribution in [0.1, 0.15) is 32.3 Å². The van der Waals surface area contributed by atoms with Crippen LogP contribution in [-0.2, 0) is 11.3 Å². The number of carbonyl (C=O) groups is 1. The van der Waals surface area contributed by atoms with Gasteiger partial charge in [-0.3, -0.25) is 9.69 Å². The van der Waals surface area contributed by atoms with Crippen LogP contribution in [0.2, 0.25) is 0 Å². The van der Waals surface area contributed by atoms with E-state index in [0.29, 0.717) is 6.54 Å². The molecule has 1 fully saturated rings. The number of rotatable bonds is 4. The second-order valence-electron chi connectivity index (χ2n) is 6.49. The Morgan fingerprint density at radius 1 is 1.41 bits per heavy atom. The summed E-state index contributed by atoms with van der Waals surface area (Å²) < 4.78 is 1.35. The average molecular weight is 316 g/mol. The fraction of sp³-hybridized carbons (Fsp3) is 0.500. The van der Waals surface area contributed by atoms with Crippen molar-refractivity contribution in [3.8, 4) is 0 Å². The molecule has 1 aliphatic heterocycles. The molecule has 1 N–H and O–H groups in total. The van der Waals surface area contributed by atoms with Crippen LogP contribution in [0, 0.1) is 5.41 Å². The molecule has 1 unspecified atom stereocenters. The lowest BCUT2D eigenvalue weighted by Gasteiger charge is -2.39. The number of nitrogens with zero attached hydrogens (tertiary/aromatic N) is 1. The summed E-state index contributed by atoms with van der Waals surface area (Å²) in [5, 5.41) is 6.63. The zero-order chi connectivity index (χ0) is 15.6. The maximum absolute atomic E-state index is 12.3. The highest BCUT2D eigenvalue weighted by Gasteiger charge is 2.37. The van der Waals surface area contributed by atoms with Crippen molar-refractivity contribution in [2.75, 3.05) is 19.6 Å². The average Bonchev–Trinajstić information content (AvgIpc) is 2.91. The van der Waals surface area contributed by atoms with Crippen LogP contribution in [0.3, 0.4) is 0 Å². The van der Waals surface area contributed by atoms with Gasteiger partial charge in [-0.25, -0.2) is 0 Å². The van der Waals surface area contributed by atoms with Crippen LogP contribution in [-0.4, -0.2) is 30.4 Å². The smallest absolute Gasteiger partial charge is 0.227 e. The minimum atomic E-state index is -0.250. The van der Waals surface area contributed by atoms with E-state index in [9.17, 15) is 4.79 Å². The number of nitrogens with one attached hydrogen (secondary N) is 1. The van der Waals surface area contributed by atoms with Gasteiger partial charge in [0.15, 0.2) is 0 Å². The minimum Gasteiger partial charge on any atom is -0.356 e.